The molecule has 0 saturated carbocycles. The van der Waals surface area contributed by atoms with Gasteiger partial charge < -0.3 is 10.2 Å². The molecule has 0 saturated heterocycles. The van der Waals surface area contributed by atoms with E-state index in [1.807, 2.05) is 24.3 Å². The van der Waals surface area contributed by atoms with Gasteiger partial charge in [0.2, 0.25) is 0 Å². The largest absolute Gasteiger partial charge is 0.476 e. The molecule has 0 aliphatic carbocycles. The van der Waals surface area contributed by atoms with Gasteiger partial charge in [0.05, 0.1) is 5.69 Å². The number of carbonyl (C=O) groups is 1. The summed E-state index contributed by atoms with van der Waals surface area (Å²) in [5.74, 6) is -1.07. The fraction of sp³-hybridized carbons (Fsp3) is 0.375. The van der Waals surface area contributed by atoms with E-state index in [1.165, 1.54) is 5.56 Å². The highest BCUT2D eigenvalue weighted by molar-refractivity contribution is 5.87. The minimum absolute atomic E-state index is 0.000825. The third-order valence-corrected chi connectivity index (χ3v) is 3.39. The first-order valence-corrected chi connectivity index (χ1v) is 7.17. The maximum absolute atomic E-state index is 11.2. The lowest BCUT2D eigenvalue weighted by atomic mass is 10.1. The number of carboxylic acid groups (broad SMARTS) is 1. The first-order chi connectivity index (χ1) is 10.2. The van der Waals surface area contributed by atoms with E-state index in [4.69, 9.17) is 10.2 Å². The van der Waals surface area contributed by atoms with Gasteiger partial charge in [-0.15, -0.1) is 0 Å². The minimum Gasteiger partial charge on any atom is -0.476 e. The summed E-state index contributed by atoms with van der Waals surface area (Å²) < 4.78 is 1.55. The maximum Gasteiger partial charge on any atom is 0.356 e. The van der Waals surface area contributed by atoms with Gasteiger partial charge in [-0.3, -0.25) is 0 Å². The number of hydrogen-bond donors (Lipinski definition) is 2. The van der Waals surface area contributed by atoms with Crippen LogP contribution in [0.15, 0.2) is 30.5 Å². The van der Waals surface area contributed by atoms with Crippen LogP contribution in [-0.4, -0.2) is 32.6 Å². The molecule has 1 aromatic carbocycles. The molecule has 0 aliphatic rings. The summed E-state index contributed by atoms with van der Waals surface area (Å²) in [6, 6.07) is 7.95. The number of aliphatic hydroxyl groups is 1. The van der Waals surface area contributed by atoms with Crippen LogP contribution in [0.4, 0.5) is 0 Å². The Labute approximate surface area is 123 Å². The zero-order valence-electron chi connectivity index (χ0n) is 12.1. The molecule has 0 atom stereocenters. The van der Waals surface area contributed by atoms with Crippen molar-refractivity contribution in [2.24, 2.45) is 0 Å². The van der Waals surface area contributed by atoms with Crippen molar-refractivity contribution in [3.8, 4) is 5.69 Å². The standard InChI is InChI=1S/C16H20N2O3/c1-2-3-4-12-5-7-14(8-6-12)18-11-13(9-10-19)15(17-18)16(20)21/h5-8,11,19H,2-4,9-10H2,1H3,(H,20,21). The van der Waals surface area contributed by atoms with E-state index in [-0.39, 0.29) is 18.7 Å². The van der Waals surface area contributed by atoms with E-state index in [9.17, 15) is 4.79 Å². The second kappa shape index (κ2) is 7.04. The number of aryl methyl sites for hydroxylation is 1. The molecular weight excluding hydrogens is 268 g/mol. The summed E-state index contributed by atoms with van der Waals surface area (Å²) in [5, 5.41) is 22.2. The van der Waals surface area contributed by atoms with E-state index in [0.29, 0.717) is 5.56 Å². The third kappa shape index (κ3) is 3.70. The first kappa shape index (κ1) is 15.3. The molecular formula is C16H20N2O3. The molecule has 21 heavy (non-hydrogen) atoms. The second-order valence-corrected chi connectivity index (χ2v) is 5.00. The van der Waals surface area contributed by atoms with Gasteiger partial charge in [-0.2, -0.15) is 5.10 Å². The van der Waals surface area contributed by atoms with Crippen molar-refractivity contribution in [1.82, 2.24) is 9.78 Å². The number of carboxylic acids is 1. The van der Waals surface area contributed by atoms with Crippen molar-refractivity contribution in [1.29, 1.82) is 0 Å². The Morgan fingerprint density at radius 2 is 1.95 bits per heavy atom. The third-order valence-electron chi connectivity index (χ3n) is 3.39. The number of aromatic nitrogens is 2. The molecule has 112 valence electrons. The lowest BCUT2D eigenvalue weighted by molar-refractivity contribution is 0.0688. The smallest absolute Gasteiger partial charge is 0.356 e. The summed E-state index contributed by atoms with van der Waals surface area (Å²) in [5.41, 5.74) is 2.63. The van der Waals surface area contributed by atoms with E-state index in [0.717, 1.165) is 24.9 Å². The van der Waals surface area contributed by atoms with Crippen LogP contribution in [0.2, 0.25) is 0 Å². The molecule has 0 aliphatic heterocycles. The van der Waals surface area contributed by atoms with Crippen LogP contribution in [0.1, 0.15) is 41.4 Å². The Bertz CT molecular complexity index is 602. The number of aliphatic hydroxyl groups excluding tert-OH is 1. The van der Waals surface area contributed by atoms with E-state index in [1.54, 1.807) is 10.9 Å². The summed E-state index contributed by atoms with van der Waals surface area (Å²) in [4.78, 5) is 11.2. The van der Waals surface area contributed by atoms with Crippen molar-refractivity contribution in [3.63, 3.8) is 0 Å². The number of hydrogen-bond acceptors (Lipinski definition) is 3. The topological polar surface area (TPSA) is 75.4 Å². The van der Waals surface area contributed by atoms with Gasteiger partial charge in [0.25, 0.3) is 0 Å². The van der Waals surface area contributed by atoms with Gasteiger partial charge in [0, 0.05) is 18.4 Å². The number of aromatic carboxylic acids is 1. The van der Waals surface area contributed by atoms with Gasteiger partial charge >= 0.3 is 5.97 Å². The van der Waals surface area contributed by atoms with Crippen molar-refractivity contribution in [2.75, 3.05) is 6.61 Å². The highest BCUT2D eigenvalue weighted by Gasteiger charge is 2.15. The van der Waals surface area contributed by atoms with Crippen LogP contribution >= 0.6 is 0 Å². The molecule has 5 nitrogen and oxygen atoms in total. The molecule has 0 bridgehead atoms. The first-order valence-electron chi connectivity index (χ1n) is 7.17. The fourth-order valence-electron chi connectivity index (χ4n) is 2.22. The van der Waals surface area contributed by atoms with E-state index < -0.39 is 5.97 Å². The van der Waals surface area contributed by atoms with Crippen LogP contribution < -0.4 is 0 Å². The van der Waals surface area contributed by atoms with Gasteiger partial charge in [0.15, 0.2) is 5.69 Å². The quantitative estimate of drug-likeness (QED) is 0.820. The molecule has 2 N–H and O–H groups in total. The average molecular weight is 288 g/mol. The Kier molecular flexibility index (Phi) is 5.11. The summed E-state index contributed by atoms with van der Waals surface area (Å²) in [7, 11) is 0. The Balaban J connectivity index is 2.25. The normalized spacial score (nSPS) is 10.8. The monoisotopic (exact) mass is 288 g/mol. The maximum atomic E-state index is 11.2. The van der Waals surface area contributed by atoms with Crippen molar-refractivity contribution in [2.45, 2.75) is 32.6 Å². The average Bonchev–Trinajstić information content (AvgIpc) is 2.90. The SMILES string of the molecule is CCCCc1ccc(-n2cc(CCO)c(C(=O)O)n2)cc1. The van der Waals surface area contributed by atoms with Crippen molar-refractivity contribution in [3.05, 3.63) is 47.3 Å². The Morgan fingerprint density at radius 3 is 2.52 bits per heavy atom. The summed E-state index contributed by atoms with van der Waals surface area (Å²) in [6.45, 7) is 2.07. The van der Waals surface area contributed by atoms with Crippen LogP contribution in [-0.2, 0) is 12.8 Å². The van der Waals surface area contributed by atoms with Crippen LogP contribution in [0.25, 0.3) is 5.69 Å². The predicted molar refractivity (Wildman–Crippen MR) is 79.9 cm³/mol. The number of nitrogens with zero attached hydrogens (tertiary/aromatic N) is 2. The van der Waals surface area contributed by atoms with Crippen molar-refractivity contribution < 1.29 is 15.0 Å². The predicted octanol–water partition coefficient (Wildman–Crippen LogP) is 2.45. The van der Waals surface area contributed by atoms with E-state index in [2.05, 4.69) is 12.0 Å². The molecule has 0 spiro atoms. The highest BCUT2D eigenvalue weighted by Crippen LogP contribution is 2.15. The summed E-state index contributed by atoms with van der Waals surface area (Å²) in [6.07, 6.45) is 5.32. The van der Waals surface area contributed by atoms with Gasteiger partial charge in [-0.1, -0.05) is 25.5 Å². The fourth-order valence-corrected chi connectivity index (χ4v) is 2.22. The molecule has 2 aromatic rings. The molecule has 0 unspecified atom stereocenters. The molecule has 0 radical (unpaired) electrons. The molecule has 2 rings (SSSR count). The second-order valence-electron chi connectivity index (χ2n) is 5.00. The van der Waals surface area contributed by atoms with Crippen LogP contribution in [0.5, 0.6) is 0 Å². The number of rotatable bonds is 7. The van der Waals surface area contributed by atoms with Crippen LogP contribution in [0, 0.1) is 0 Å². The van der Waals surface area contributed by atoms with Gasteiger partial charge in [0.1, 0.15) is 0 Å². The molecule has 1 aromatic heterocycles. The Hall–Kier alpha value is -2.14. The lowest BCUT2D eigenvalue weighted by Crippen LogP contribution is -2.03. The molecule has 5 heteroatoms. The van der Waals surface area contributed by atoms with Gasteiger partial charge in [-0.05, 0) is 37.0 Å². The zero-order valence-corrected chi connectivity index (χ0v) is 12.1. The van der Waals surface area contributed by atoms with Crippen molar-refractivity contribution >= 4 is 5.97 Å². The number of benzene rings is 1. The van der Waals surface area contributed by atoms with Gasteiger partial charge in [-0.25, -0.2) is 9.48 Å². The molecule has 0 fully saturated rings. The number of unbranched alkanes of at least 4 members (excludes halogenated alkanes) is 1. The highest BCUT2D eigenvalue weighted by atomic mass is 16.4. The minimum atomic E-state index is -1.07. The molecule has 1 heterocycles. The zero-order chi connectivity index (χ0) is 15.2. The Morgan fingerprint density at radius 1 is 1.24 bits per heavy atom. The summed E-state index contributed by atoms with van der Waals surface area (Å²) >= 11 is 0. The lowest BCUT2D eigenvalue weighted by Gasteiger charge is -2.03. The van der Waals surface area contributed by atoms with Crippen LogP contribution in [0.3, 0.4) is 0 Å². The van der Waals surface area contributed by atoms with E-state index >= 15 is 0 Å². The molecule has 0 amide bonds.